The molecule has 2 heterocycles. The molecule has 3 aromatic rings. The second kappa shape index (κ2) is 6.57. The smallest absolute Gasteiger partial charge is 0.230 e. The number of aromatic nitrogens is 4. The van der Waals surface area contributed by atoms with Gasteiger partial charge in [-0.3, -0.25) is 4.79 Å². The monoisotopic (exact) mass is 313 g/mol. The summed E-state index contributed by atoms with van der Waals surface area (Å²) in [6.07, 6.45) is 3.02. The Morgan fingerprint density at radius 2 is 2.09 bits per heavy atom. The Bertz CT molecular complexity index is 774. The first kappa shape index (κ1) is 14.5. The van der Waals surface area contributed by atoms with Crippen LogP contribution < -0.4 is 5.32 Å². The SMILES string of the molecule is C[C@H](NC(=O)CSc1ncnc2nc[nH]c12)c1ccccc1. The van der Waals surface area contributed by atoms with Crippen LogP contribution in [0.15, 0.2) is 48.0 Å². The van der Waals surface area contributed by atoms with Crippen molar-refractivity contribution in [2.45, 2.75) is 18.0 Å². The Morgan fingerprint density at radius 1 is 1.27 bits per heavy atom. The highest BCUT2D eigenvalue weighted by atomic mass is 32.2. The first-order chi connectivity index (χ1) is 10.7. The zero-order valence-electron chi connectivity index (χ0n) is 12.0. The van der Waals surface area contributed by atoms with Crippen LogP contribution in [-0.4, -0.2) is 31.6 Å². The number of hydrogen-bond acceptors (Lipinski definition) is 5. The number of nitrogens with one attached hydrogen (secondary N) is 2. The fraction of sp³-hybridized carbons (Fsp3) is 0.200. The number of rotatable bonds is 5. The van der Waals surface area contributed by atoms with E-state index in [9.17, 15) is 4.79 Å². The van der Waals surface area contributed by atoms with Gasteiger partial charge in [0.25, 0.3) is 0 Å². The van der Waals surface area contributed by atoms with Crippen molar-refractivity contribution in [3.05, 3.63) is 48.5 Å². The summed E-state index contributed by atoms with van der Waals surface area (Å²) in [7, 11) is 0. The fourth-order valence-electron chi connectivity index (χ4n) is 2.09. The van der Waals surface area contributed by atoms with E-state index in [2.05, 4.69) is 25.3 Å². The highest BCUT2D eigenvalue weighted by Crippen LogP contribution is 2.21. The minimum Gasteiger partial charge on any atom is -0.349 e. The zero-order valence-corrected chi connectivity index (χ0v) is 12.8. The van der Waals surface area contributed by atoms with E-state index in [4.69, 9.17) is 0 Å². The first-order valence-electron chi connectivity index (χ1n) is 6.85. The predicted molar refractivity (Wildman–Crippen MR) is 85.4 cm³/mol. The average molecular weight is 313 g/mol. The fourth-order valence-corrected chi connectivity index (χ4v) is 2.86. The lowest BCUT2D eigenvalue weighted by molar-refractivity contribution is -0.119. The molecule has 2 N–H and O–H groups in total. The van der Waals surface area contributed by atoms with E-state index in [0.29, 0.717) is 11.4 Å². The third-order valence-electron chi connectivity index (χ3n) is 3.21. The molecule has 0 spiro atoms. The summed E-state index contributed by atoms with van der Waals surface area (Å²) in [5.74, 6) is 0.259. The molecule has 1 amide bonds. The van der Waals surface area contributed by atoms with Gasteiger partial charge in [0.1, 0.15) is 16.9 Å². The molecule has 0 bridgehead atoms. The molecule has 0 unspecified atom stereocenters. The third kappa shape index (κ3) is 3.25. The molecule has 0 saturated carbocycles. The van der Waals surface area contributed by atoms with Gasteiger partial charge in [-0.05, 0) is 12.5 Å². The molecule has 7 heteroatoms. The summed E-state index contributed by atoms with van der Waals surface area (Å²) < 4.78 is 0. The van der Waals surface area contributed by atoms with Gasteiger partial charge in [0, 0.05) is 0 Å². The molecule has 0 aliphatic rings. The lowest BCUT2D eigenvalue weighted by Gasteiger charge is -2.13. The van der Waals surface area contributed by atoms with Crippen LogP contribution in [0.4, 0.5) is 0 Å². The quantitative estimate of drug-likeness (QED) is 0.558. The second-order valence-corrected chi connectivity index (χ2v) is 5.73. The highest BCUT2D eigenvalue weighted by Gasteiger charge is 2.12. The predicted octanol–water partition coefficient (Wildman–Crippen LogP) is 2.32. The van der Waals surface area contributed by atoms with Crippen molar-refractivity contribution in [3.8, 4) is 0 Å². The number of carbonyl (C=O) groups excluding carboxylic acids is 1. The van der Waals surface area contributed by atoms with E-state index >= 15 is 0 Å². The molecule has 0 fully saturated rings. The summed E-state index contributed by atoms with van der Waals surface area (Å²) in [5, 5.41) is 3.71. The van der Waals surface area contributed by atoms with Gasteiger partial charge in [0.15, 0.2) is 5.65 Å². The van der Waals surface area contributed by atoms with Crippen molar-refractivity contribution in [2.75, 3.05) is 5.75 Å². The van der Waals surface area contributed by atoms with E-state index in [1.54, 1.807) is 6.33 Å². The Hall–Kier alpha value is -2.41. The summed E-state index contributed by atoms with van der Waals surface area (Å²) >= 11 is 1.37. The van der Waals surface area contributed by atoms with Crippen LogP contribution in [0.2, 0.25) is 0 Å². The Balaban J connectivity index is 1.60. The topological polar surface area (TPSA) is 83.6 Å². The first-order valence-corrected chi connectivity index (χ1v) is 7.84. The largest absolute Gasteiger partial charge is 0.349 e. The van der Waals surface area contributed by atoms with Gasteiger partial charge in [-0.15, -0.1) is 0 Å². The normalized spacial score (nSPS) is 12.2. The Labute approximate surface area is 131 Å². The van der Waals surface area contributed by atoms with Crippen LogP contribution in [0.1, 0.15) is 18.5 Å². The number of benzene rings is 1. The molecule has 2 aromatic heterocycles. The maximum atomic E-state index is 12.1. The number of nitrogens with zero attached hydrogens (tertiary/aromatic N) is 3. The molecule has 1 atom stereocenters. The van der Waals surface area contributed by atoms with E-state index in [1.807, 2.05) is 37.3 Å². The van der Waals surface area contributed by atoms with Gasteiger partial charge in [0.2, 0.25) is 5.91 Å². The lowest BCUT2D eigenvalue weighted by Crippen LogP contribution is -2.28. The summed E-state index contributed by atoms with van der Waals surface area (Å²) in [6, 6.07) is 9.85. The third-order valence-corrected chi connectivity index (χ3v) is 4.19. The van der Waals surface area contributed by atoms with E-state index in [-0.39, 0.29) is 11.9 Å². The van der Waals surface area contributed by atoms with Gasteiger partial charge in [-0.25, -0.2) is 15.0 Å². The van der Waals surface area contributed by atoms with Gasteiger partial charge in [0.05, 0.1) is 18.1 Å². The van der Waals surface area contributed by atoms with Crippen LogP contribution in [0, 0.1) is 0 Å². The van der Waals surface area contributed by atoms with Crippen LogP contribution in [0.3, 0.4) is 0 Å². The maximum Gasteiger partial charge on any atom is 0.230 e. The number of thioether (sulfide) groups is 1. The molecule has 0 saturated heterocycles. The molecule has 112 valence electrons. The van der Waals surface area contributed by atoms with Crippen LogP contribution >= 0.6 is 11.8 Å². The van der Waals surface area contributed by atoms with Gasteiger partial charge in [-0.1, -0.05) is 42.1 Å². The number of H-pyrrole nitrogens is 1. The molecule has 0 radical (unpaired) electrons. The molecule has 6 nitrogen and oxygen atoms in total. The van der Waals surface area contributed by atoms with E-state index in [1.165, 1.54) is 18.1 Å². The molecule has 3 rings (SSSR count). The van der Waals surface area contributed by atoms with Crippen LogP contribution in [0.5, 0.6) is 0 Å². The Kier molecular flexibility index (Phi) is 4.34. The minimum atomic E-state index is -0.0346. The van der Waals surface area contributed by atoms with Crippen LogP contribution in [0.25, 0.3) is 11.2 Å². The van der Waals surface area contributed by atoms with Gasteiger partial charge < -0.3 is 10.3 Å². The van der Waals surface area contributed by atoms with E-state index in [0.717, 1.165) is 16.1 Å². The van der Waals surface area contributed by atoms with Crippen LogP contribution in [-0.2, 0) is 4.79 Å². The zero-order chi connectivity index (χ0) is 15.4. The highest BCUT2D eigenvalue weighted by molar-refractivity contribution is 8.00. The molecular formula is C15H15N5OS. The van der Waals surface area contributed by atoms with E-state index < -0.39 is 0 Å². The Morgan fingerprint density at radius 3 is 2.91 bits per heavy atom. The number of imidazole rings is 1. The molecule has 0 aliphatic heterocycles. The van der Waals surface area contributed by atoms with Crippen molar-refractivity contribution >= 4 is 28.8 Å². The summed E-state index contributed by atoms with van der Waals surface area (Å²) in [4.78, 5) is 27.4. The lowest BCUT2D eigenvalue weighted by atomic mass is 10.1. The number of carbonyl (C=O) groups is 1. The average Bonchev–Trinajstić information content (AvgIpc) is 3.03. The van der Waals surface area contributed by atoms with Crippen molar-refractivity contribution in [1.29, 1.82) is 0 Å². The number of aromatic amines is 1. The van der Waals surface area contributed by atoms with Gasteiger partial charge in [-0.2, -0.15) is 0 Å². The molecular weight excluding hydrogens is 298 g/mol. The van der Waals surface area contributed by atoms with Crippen molar-refractivity contribution < 1.29 is 4.79 Å². The van der Waals surface area contributed by atoms with Crippen molar-refractivity contribution in [3.63, 3.8) is 0 Å². The number of hydrogen-bond donors (Lipinski definition) is 2. The number of amides is 1. The van der Waals surface area contributed by atoms with Gasteiger partial charge >= 0.3 is 0 Å². The second-order valence-electron chi connectivity index (χ2n) is 4.77. The molecule has 0 aliphatic carbocycles. The summed E-state index contributed by atoms with van der Waals surface area (Å²) in [6.45, 7) is 1.97. The minimum absolute atomic E-state index is 0.0214. The maximum absolute atomic E-state index is 12.1. The molecule has 22 heavy (non-hydrogen) atoms. The molecule has 1 aromatic carbocycles. The standard InChI is InChI=1S/C15H15N5OS/c1-10(11-5-3-2-4-6-11)20-12(21)7-22-15-13-14(17-8-16-13)18-9-19-15/h2-6,8-10H,7H2,1H3,(H,20,21)(H,16,17,18,19)/t10-/m0/s1. The van der Waals surface area contributed by atoms with Crippen molar-refractivity contribution in [1.82, 2.24) is 25.3 Å². The van der Waals surface area contributed by atoms with Crippen molar-refractivity contribution in [2.24, 2.45) is 0 Å². The summed E-state index contributed by atoms with van der Waals surface area (Å²) in [5.41, 5.74) is 2.45. The number of fused-ring (bicyclic) bond motifs is 1.